The van der Waals surface area contributed by atoms with Crippen molar-refractivity contribution in [1.82, 2.24) is 9.97 Å². The van der Waals surface area contributed by atoms with Gasteiger partial charge in [-0.05, 0) is 36.2 Å². The van der Waals surface area contributed by atoms with Crippen molar-refractivity contribution in [3.63, 3.8) is 0 Å². The molecule has 5 nitrogen and oxygen atoms in total. The predicted molar refractivity (Wildman–Crippen MR) is 103 cm³/mol. The molecule has 1 amide bonds. The van der Waals surface area contributed by atoms with Crippen molar-refractivity contribution in [2.45, 2.75) is 12.8 Å². The summed E-state index contributed by atoms with van der Waals surface area (Å²) >= 11 is 1.41. The lowest BCUT2D eigenvalue weighted by molar-refractivity contribution is -0.116. The molecule has 3 rings (SSSR count). The molecule has 25 heavy (non-hydrogen) atoms. The molecular formula is C19H20N4OS. The van der Waals surface area contributed by atoms with Gasteiger partial charge in [0.05, 0.1) is 5.69 Å². The van der Waals surface area contributed by atoms with Gasteiger partial charge in [0.1, 0.15) is 5.69 Å². The lowest BCUT2D eigenvalue weighted by Gasteiger charge is -2.12. The molecule has 1 aromatic carbocycles. The third-order valence-corrected chi connectivity index (χ3v) is 4.53. The van der Waals surface area contributed by atoms with Gasteiger partial charge in [-0.1, -0.05) is 18.2 Å². The average molecular weight is 352 g/mol. The smallest absolute Gasteiger partial charge is 0.226 e. The van der Waals surface area contributed by atoms with E-state index in [0.717, 1.165) is 22.6 Å². The molecule has 0 unspecified atom stereocenters. The molecule has 0 saturated heterocycles. The molecule has 0 atom stereocenters. The van der Waals surface area contributed by atoms with Gasteiger partial charge >= 0.3 is 0 Å². The molecule has 6 heteroatoms. The van der Waals surface area contributed by atoms with E-state index in [-0.39, 0.29) is 5.91 Å². The maximum atomic E-state index is 12.1. The Labute approximate surface area is 151 Å². The maximum absolute atomic E-state index is 12.1. The molecule has 0 aliphatic carbocycles. The van der Waals surface area contributed by atoms with Crippen LogP contribution in [0.1, 0.15) is 12.0 Å². The second-order valence-corrected chi connectivity index (χ2v) is 6.72. The van der Waals surface area contributed by atoms with Crippen LogP contribution in [0.15, 0.2) is 54.0 Å². The topological polar surface area (TPSA) is 58.1 Å². The first-order valence-electron chi connectivity index (χ1n) is 8.05. The van der Waals surface area contributed by atoms with Gasteiger partial charge in [0, 0.05) is 37.8 Å². The molecule has 3 aromatic rings. The van der Waals surface area contributed by atoms with Crippen LogP contribution in [-0.2, 0) is 11.2 Å². The standard InChI is InChI=1S/C19H20N4OS/c1-23(2)15-9-6-14(7-10-15)8-11-18(24)22-19-21-17(13-25-19)16-5-3-4-12-20-16/h3-7,9-10,12-13H,8,11H2,1-2H3,(H,21,22,24). The highest BCUT2D eigenvalue weighted by Crippen LogP contribution is 2.23. The van der Waals surface area contributed by atoms with Crippen LogP contribution in [0.5, 0.6) is 0 Å². The van der Waals surface area contributed by atoms with E-state index >= 15 is 0 Å². The SMILES string of the molecule is CN(C)c1ccc(CCC(=O)Nc2nc(-c3ccccn3)cs2)cc1. The lowest BCUT2D eigenvalue weighted by atomic mass is 10.1. The third-order valence-electron chi connectivity index (χ3n) is 3.77. The van der Waals surface area contributed by atoms with Crippen molar-refractivity contribution >= 4 is 28.1 Å². The molecule has 0 fully saturated rings. The normalized spacial score (nSPS) is 10.5. The summed E-state index contributed by atoms with van der Waals surface area (Å²) in [5.74, 6) is -0.0291. The first-order valence-corrected chi connectivity index (χ1v) is 8.93. The van der Waals surface area contributed by atoms with Gasteiger partial charge in [0.2, 0.25) is 5.91 Å². The van der Waals surface area contributed by atoms with Gasteiger partial charge in [-0.15, -0.1) is 11.3 Å². The highest BCUT2D eigenvalue weighted by atomic mass is 32.1. The number of aryl methyl sites for hydroxylation is 1. The molecule has 2 aromatic heterocycles. The third kappa shape index (κ3) is 4.64. The minimum absolute atomic E-state index is 0.0291. The Hall–Kier alpha value is -2.73. The molecule has 0 spiro atoms. The number of carbonyl (C=O) groups excluding carboxylic acids is 1. The van der Waals surface area contributed by atoms with E-state index in [2.05, 4.69) is 44.5 Å². The molecule has 128 valence electrons. The lowest BCUT2D eigenvalue weighted by Crippen LogP contribution is -2.12. The van der Waals surface area contributed by atoms with Crippen molar-refractivity contribution in [2.75, 3.05) is 24.3 Å². The number of amides is 1. The summed E-state index contributed by atoms with van der Waals surface area (Å²) in [6.07, 6.45) is 2.87. The summed E-state index contributed by atoms with van der Waals surface area (Å²) in [5.41, 5.74) is 3.88. The molecular weight excluding hydrogens is 332 g/mol. The number of benzene rings is 1. The monoisotopic (exact) mass is 352 g/mol. The zero-order valence-electron chi connectivity index (χ0n) is 14.3. The fourth-order valence-electron chi connectivity index (χ4n) is 2.36. The van der Waals surface area contributed by atoms with E-state index < -0.39 is 0 Å². The number of hydrogen-bond donors (Lipinski definition) is 1. The first-order chi connectivity index (χ1) is 12.1. The Balaban J connectivity index is 1.53. The van der Waals surface area contributed by atoms with E-state index in [0.29, 0.717) is 18.0 Å². The van der Waals surface area contributed by atoms with Gasteiger partial charge < -0.3 is 10.2 Å². The van der Waals surface area contributed by atoms with Crippen LogP contribution in [0.25, 0.3) is 11.4 Å². The number of thiazole rings is 1. The summed E-state index contributed by atoms with van der Waals surface area (Å²) in [6, 6.07) is 13.9. The van der Waals surface area contributed by atoms with E-state index in [9.17, 15) is 4.79 Å². The molecule has 0 bridgehead atoms. The minimum Gasteiger partial charge on any atom is -0.378 e. The summed E-state index contributed by atoms with van der Waals surface area (Å²) in [5, 5.41) is 5.37. The van der Waals surface area contributed by atoms with E-state index in [1.807, 2.05) is 37.7 Å². The quantitative estimate of drug-likeness (QED) is 0.732. The number of nitrogens with zero attached hydrogens (tertiary/aromatic N) is 3. The van der Waals surface area contributed by atoms with Crippen molar-refractivity contribution in [3.8, 4) is 11.4 Å². The molecule has 1 N–H and O–H groups in total. The maximum Gasteiger partial charge on any atom is 0.226 e. The number of pyridine rings is 1. The zero-order valence-corrected chi connectivity index (χ0v) is 15.1. The van der Waals surface area contributed by atoms with E-state index in [1.54, 1.807) is 6.20 Å². The number of nitrogens with one attached hydrogen (secondary N) is 1. The van der Waals surface area contributed by atoms with Crippen LogP contribution >= 0.6 is 11.3 Å². The number of rotatable bonds is 6. The van der Waals surface area contributed by atoms with Crippen molar-refractivity contribution in [3.05, 3.63) is 59.6 Å². The Bertz CT molecular complexity index is 828. The summed E-state index contributed by atoms with van der Waals surface area (Å²) in [7, 11) is 4.02. The van der Waals surface area contributed by atoms with Crippen LogP contribution in [0.3, 0.4) is 0 Å². The van der Waals surface area contributed by atoms with Crippen LogP contribution in [0, 0.1) is 0 Å². The number of carbonyl (C=O) groups is 1. The van der Waals surface area contributed by atoms with E-state index in [1.165, 1.54) is 11.3 Å². The molecule has 0 radical (unpaired) electrons. The molecule has 0 aliphatic rings. The van der Waals surface area contributed by atoms with Crippen LogP contribution in [0.4, 0.5) is 10.8 Å². The number of aromatic nitrogens is 2. The molecule has 2 heterocycles. The van der Waals surface area contributed by atoms with Crippen molar-refractivity contribution < 1.29 is 4.79 Å². The zero-order chi connectivity index (χ0) is 17.6. The number of anilines is 2. The Morgan fingerprint density at radius 2 is 1.92 bits per heavy atom. The van der Waals surface area contributed by atoms with Crippen LogP contribution < -0.4 is 10.2 Å². The van der Waals surface area contributed by atoms with Gasteiger partial charge in [0.15, 0.2) is 5.13 Å². The largest absolute Gasteiger partial charge is 0.378 e. The van der Waals surface area contributed by atoms with Crippen molar-refractivity contribution in [2.24, 2.45) is 0 Å². The van der Waals surface area contributed by atoms with Gasteiger partial charge in [-0.3, -0.25) is 9.78 Å². The van der Waals surface area contributed by atoms with Crippen molar-refractivity contribution in [1.29, 1.82) is 0 Å². The van der Waals surface area contributed by atoms with Crippen LogP contribution in [-0.4, -0.2) is 30.0 Å². The summed E-state index contributed by atoms with van der Waals surface area (Å²) < 4.78 is 0. The molecule has 0 saturated carbocycles. The second kappa shape index (κ2) is 7.90. The predicted octanol–water partition coefficient (Wildman–Crippen LogP) is 3.84. The van der Waals surface area contributed by atoms with Gasteiger partial charge in [-0.2, -0.15) is 0 Å². The highest BCUT2D eigenvalue weighted by Gasteiger charge is 2.09. The van der Waals surface area contributed by atoms with Gasteiger partial charge in [-0.25, -0.2) is 4.98 Å². The highest BCUT2D eigenvalue weighted by molar-refractivity contribution is 7.14. The second-order valence-electron chi connectivity index (χ2n) is 5.86. The van der Waals surface area contributed by atoms with Gasteiger partial charge in [0.25, 0.3) is 0 Å². The Kier molecular flexibility index (Phi) is 5.40. The first kappa shape index (κ1) is 17.1. The fourth-order valence-corrected chi connectivity index (χ4v) is 3.08. The fraction of sp³-hybridized carbons (Fsp3) is 0.211. The Morgan fingerprint density at radius 1 is 1.12 bits per heavy atom. The molecule has 0 aliphatic heterocycles. The number of hydrogen-bond acceptors (Lipinski definition) is 5. The van der Waals surface area contributed by atoms with E-state index in [4.69, 9.17) is 0 Å². The summed E-state index contributed by atoms with van der Waals surface area (Å²) in [4.78, 5) is 22.9. The summed E-state index contributed by atoms with van der Waals surface area (Å²) in [6.45, 7) is 0. The van der Waals surface area contributed by atoms with Crippen LogP contribution in [0.2, 0.25) is 0 Å². The minimum atomic E-state index is -0.0291. The Morgan fingerprint density at radius 3 is 2.60 bits per heavy atom. The average Bonchev–Trinajstić information content (AvgIpc) is 3.09.